The van der Waals surface area contributed by atoms with Gasteiger partial charge in [-0.25, -0.2) is 0 Å². The van der Waals surface area contributed by atoms with Crippen molar-refractivity contribution in [3.05, 3.63) is 29.3 Å². The Hall–Kier alpha value is -1.55. The molecule has 2 fully saturated rings. The first-order chi connectivity index (χ1) is 15.4. The van der Waals surface area contributed by atoms with Crippen molar-refractivity contribution in [1.82, 2.24) is 0 Å². The highest BCUT2D eigenvalue weighted by molar-refractivity contribution is 5.65. The lowest BCUT2D eigenvalue weighted by molar-refractivity contribution is -0.141. The second-order valence-electron chi connectivity index (χ2n) is 11.0. The molecule has 0 radical (unpaired) electrons. The molecule has 0 unspecified atom stereocenters. The number of aliphatic hydroxyl groups excluding tert-OH is 1. The Morgan fingerprint density at radius 1 is 1.09 bits per heavy atom. The van der Waals surface area contributed by atoms with Crippen LogP contribution in [-0.2, 0) is 16.0 Å². The summed E-state index contributed by atoms with van der Waals surface area (Å²) < 4.78 is 5.01. The van der Waals surface area contributed by atoms with E-state index in [9.17, 15) is 15.0 Å². The maximum atomic E-state index is 10.9. The number of carbonyl (C=O) groups is 1. The van der Waals surface area contributed by atoms with Gasteiger partial charge in [-0.2, -0.15) is 0 Å². The van der Waals surface area contributed by atoms with E-state index in [1.165, 1.54) is 63.0 Å². The summed E-state index contributed by atoms with van der Waals surface area (Å²) in [6.07, 6.45) is 13.7. The first kappa shape index (κ1) is 23.6. The summed E-state index contributed by atoms with van der Waals surface area (Å²) in [4.78, 5) is 10.8. The second-order valence-corrected chi connectivity index (χ2v) is 11.0. The Morgan fingerprint density at radius 2 is 1.84 bits per heavy atom. The third-order valence-electron chi connectivity index (χ3n) is 9.05. The molecule has 0 amide bonds. The molecule has 4 rings (SSSR count). The highest BCUT2D eigenvalue weighted by Gasteiger charge is 2.57. The minimum atomic E-state index is -0.182. The topological polar surface area (TPSA) is 66.8 Å². The number of esters is 1. The van der Waals surface area contributed by atoms with Crippen LogP contribution < -0.4 is 0 Å². The molecule has 0 aromatic heterocycles. The zero-order valence-electron chi connectivity index (χ0n) is 20.0. The fraction of sp³-hybridized carbons (Fsp3) is 0.750. The molecule has 2 saturated carbocycles. The molecule has 0 saturated heterocycles. The van der Waals surface area contributed by atoms with Crippen molar-refractivity contribution in [3.63, 3.8) is 0 Å². The van der Waals surface area contributed by atoms with E-state index in [0.717, 1.165) is 32.1 Å². The Labute approximate surface area is 193 Å². The minimum absolute atomic E-state index is 0.0803. The molecule has 4 nitrogen and oxygen atoms in total. The van der Waals surface area contributed by atoms with Crippen LogP contribution in [0.1, 0.15) is 102 Å². The van der Waals surface area contributed by atoms with Gasteiger partial charge in [0.15, 0.2) is 0 Å². The summed E-state index contributed by atoms with van der Waals surface area (Å²) in [6, 6.07) is 6.08. The Kier molecular flexibility index (Phi) is 7.49. The van der Waals surface area contributed by atoms with E-state index in [1.807, 2.05) is 12.1 Å². The van der Waals surface area contributed by atoms with Crippen molar-refractivity contribution in [2.75, 3.05) is 6.61 Å². The molecular weight excluding hydrogens is 400 g/mol. The average Bonchev–Trinajstić information content (AvgIpc) is 3.06. The van der Waals surface area contributed by atoms with Crippen LogP contribution in [0.2, 0.25) is 0 Å². The van der Waals surface area contributed by atoms with E-state index >= 15 is 0 Å². The standard InChI is InChI=1S/C28H42O4/c1-19(29)32-16-8-6-4-3-5-7-9-21-18-28(2)25(14-15-26(28)31)24-12-10-20-17-22(30)11-13-23(20)27(21)24/h11,13,17,21,24-27,30-31H,3-10,12,14-16,18H2,1-2H3/t21-,24-,25-,26-,27+,28-/m0/s1. The van der Waals surface area contributed by atoms with Gasteiger partial charge >= 0.3 is 5.97 Å². The molecule has 178 valence electrons. The molecule has 3 aliphatic rings. The summed E-state index contributed by atoms with van der Waals surface area (Å²) in [5, 5.41) is 20.9. The van der Waals surface area contributed by atoms with Crippen molar-refractivity contribution >= 4 is 5.97 Å². The lowest BCUT2D eigenvalue weighted by Crippen LogP contribution is -2.47. The van der Waals surface area contributed by atoms with Gasteiger partial charge in [-0.3, -0.25) is 4.79 Å². The Bertz CT molecular complexity index is 790. The fourth-order valence-electron chi connectivity index (χ4n) is 7.56. The number of ether oxygens (including phenoxy) is 1. The van der Waals surface area contributed by atoms with E-state index in [1.54, 1.807) is 0 Å². The van der Waals surface area contributed by atoms with Crippen LogP contribution in [0.25, 0.3) is 0 Å². The lowest BCUT2D eigenvalue weighted by Gasteiger charge is -2.54. The molecule has 3 aliphatic carbocycles. The maximum Gasteiger partial charge on any atom is 0.302 e. The number of aliphatic hydroxyl groups is 1. The largest absolute Gasteiger partial charge is 0.508 e. The molecule has 1 aromatic carbocycles. The number of hydrogen-bond donors (Lipinski definition) is 2. The van der Waals surface area contributed by atoms with Gasteiger partial charge in [-0.05, 0) is 97.3 Å². The van der Waals surface area contributed by atoms with Gasteiger partial charge < -0.3 is 14.9 Å². The van der Waals surface area contributed by atoms with E-state index in [-0.39, 0.29) is 17.5 Å². The number of phenolic OH excluding ortho intramolecular Hbond substituents is 1. The van der Waals surface area contributed by atoms with Gasteiger partial charge in [0.2, 0.25) is 0 Å². The van der Waals surface area contributed by atoms with Crippen LogP contribution in [0.3, 0.4) is 0 Å². The molecule has 6 atom stereocenters. The summed E-state index contributed by atoms with van der Waals surface area (Å²) in [5.41, 5.74) is 2.92. The highest BCUT2D eigenvalue weighted by Crippen LogP contribution is 2.63. The van der Waals surface area contributed by atoms with Gasteiger partial charge in [0, 0.05) is 6.92 Å². The molecule has 4 heteroatoms. The minimum Gasteiger partial charge on any atom is -0.508 e. The van der Waals surface area contributed by atoms with Crippen LogP contribution >= 0.6 is 0 Å². The molecule has 1 aromatic rings. The van der Waals surface area contributed by atoms with Crippen LogP contribution in [0.5, 0.6) is 5.75 Å². The van der Waals surface area contributed by atoms with Gasteiger partial charge in [-0.15, -0.1) is 0 Å². The predicted molar refractivity (Wildman–Crippen MR) is 127 cm³/mol. The second kappa shape index (κ2) is 10.2. The van der Waals surface area contributed by atoms with Crippen LogP contribution in [0, 0.1) is 23.2 Å². The first-order valence-corrected chi connectivity index (χ1v) is 13.0. The highest BCUT2D eigenvalue weighted by atomic mass is 16.5. The number of unbranched alkanes of at least 4 members (excludes halogenated alkanes) is 5. The lowest BCUT2D eigenvalue weighted by atomic mass is 9.51. The monoisotopic (exact) mass is 442 g/mol. The predicted octanol–water partition coefficient (Wildman–Crippen LogP) is 6.13. The van der Waals surface area contributed by atoms with E-state index in [4.69, 9.17) is 4.74 Å². The zero-order valence-corrected chi connectivity index (χ0v) is 20.0. The van der Waals surface area contributed by atoms with Crippen molar-refractivity contribution < 1.29 is 19.7 Å². The maximum absolute atomic E-state index is 10.9. The van der Waals surface area contributed by atoms with Gasteiger partial charge in [-0.1, -0.05) is 45.1 Å². The van der Waals surface area contributed by atoms with Crippen LogP contribution in [0.4, 0.5) is 0 Å². The normalized spacial score (nSPS) is 33.3. The average molecular weight is 443 g/mol. The van der Waals surface area contributed by atoms with Crippen molar-refractivity contribution in [2.24, 2.45) is 23.2 Å². The van der Waals surface area contributed by atoms with Crippen LogP contribution in [-0.4, -0.2) is 28.9 Å². The first-order valence-electron chi connectivity index (χ1n) is 13.0. The fourth-order valence-corrected chi connectivity index (χ4v) is 7.56. The number of rotatable bonds is 9. The SMILES string of the molecule is CC(=O)OCCCCCCCC[C@H]1C[C@]2(C)[C@@H](O)CC[C@H]2[C@@H]2CCc3cc(O)ccc3[C@@H]12. The summed E-state index contributed by atoms with van der Waals surface area (Å²) in [7, 11) is 0. The smallest absolute Gasteiger partial charge is 0.302 e. The molecule has 2 N–H and O–H groups in total. The van der Waals surface area contributed by atoms with Crippen molar-refractivity contribution in [3.8, 4) is 5.75 Å². The van der Waals surface area contributed by atoms with Crippen molar-refractivity contribution in [1.29, 1.82) is 0 Å². The zero-order chi connectivity index (χ0) is 22.7. The molecule has 0 aliphatic heterocycles. The summed E-state index contributed by atoms with van der Waals surface area (Å²) >= 11 is 0. The number of carbonyl (C=O) groups excluding carboxylic acids is 1. The van der Waals surface area contributed by atoms with Gasteiger partial charge in [0.05, 0.1) is 12.7 Å². The van der Waals surface area contributed by atoms with E-state index in [0.29, 0.717) is 36.0 Å². The summed E-state index contributed by atoms with van der Waals surface area (Å²) in [6.45, 7) is 4.39. The van der Waals surface area contributed by atoms with Crippen LogP contribution in [0.15, 0.2) is 18.2 Å². The van der Waals surface area contributed by atoms with Gasteiger partial charge in [0.1, 0.15) is 5.75 Å². The number of hydrogen-bond acceptors (Lipinski definition) is 4. The Morgan fingerprint density at radius 3 is 2.62 bits per heavy atom. The number of phenols is 1. The number of benzene rings is 1. The quantitative estimate of drug-likeness (QED) is 0.357. The summed E-state index contributed by atoms with van der Waals surface area (Å²) in [5.74, 6) is 2.74. The van der Waals surface area contributed by atoms with Crippen molar-refractivity contribution in [2.45, 2.75) is 103 Å². The number of aromatic hydroxyl groups is 1. The molecule has 0 bridgehead atoms. The van der Waals surface area contributed by atoms with Gasteiger partial charge in [0.25, 0.3) is 0 Å². The molecule has 32 heavy (non-hydrogen) atoms. The number of aryl methyl sites for hydroxylation is 1. The molecule has 0 spiro atoms. The molecular formula is C28H42O4. The third-order valence-corrected chi connectivity index (χ3v) is 9.05. The Balaban J connectivity index is 1.36. The van der Waals surface area contributed by atoms with E-state index in [2.05, 4.69) is 13.0 Å². The van der Waals surface area contributed by atoms with E-state index < -0.39 is 0 Å². The molecule has 0 heterocycles. The third kappa shape index (κ3) is 4.85. The number of fused-ring (bicyclic) bond motifs is 5.